The van der Waals surface area contributed by atoms with Gasteiger partial charge in [0.15, 0.2) is 5.78 Å². The van der Waals surface area contributed by atoms with E-state index in [0.717, 1.165) is 30.4 Å². The summed E-state index contributed by atoms with van der Waals surface area (Å²) in [5, 5.41) is 0. The number of ketones is 1. The van der Waals surface area contributed by atoms with E-state index in [0.29, 0.717) is 0 Å². The van der Waals surface area contributed by atoms with E-state index in [-0.39, 0.29) is 18.4 Å². The third kappa shape index (κ3) is 1.58. The van der Waals surface area contributed by atoms with Gasteiger partial charge in [0.25, 0.3) is 0 Å². The quantitative estimate of drug-likeness (QED) is 0.680. The molecule has 0 N–H and O–H groups in total. The third-order valence-electron chi connectivity index (χ3n) is 3.57. The zero-order chi connectivity index (χ0) is 11.8. The first-order valence-corrected chi connectivity index (χ1v) is 5.83. The first-order valence-electron chi connectivity index (χ1n) is 5.83. The SMILES string of the molecule is O=CN1CC(=O)C=C2c3ccccc3CCC21. The van der Waals surface area contributed by atoms with Gasteiger partial charge in [0.1, 0.15) is 0 Å². The van der Waals surface area contributed by atoms with E-state index in [2.05, 4.69) is 6.07 Å². The minimum atomic E-state index is 0.0139. The van der Waals surface area contributed by atoms with Crippen molar-refractivity contribution in [3.05, 3.63) is 41.5 Å². The molecule has 2 aliphatic rings. The zero-order valence-corrected chi connectivity index (χ0v) is 9.43. The summed E-state index contributed by atoms with van der Waals surface area (Å²) in [7, 11) is 0. The molecule has 86 valence electrons. The van der Waals surface area contributed by atoms with Gasteiger partial charge in [0.2, 0.25) is 6.41 Å². The molecule has 1 atom stereocenters. The molecule has 0 bridgehead atoms. The van der Waals surface area contributed by atoms with Gasteiger partial charge in [-0.05, 0) is 35.6 Å². The van der Waals surface area contributed by atoms with Crippen molar-refractivity contribution in [3.63, 3.8) is 0 Å². The fraction of sp³-hybridized carbons (Fsp3) is 0.286. The van der Waals surface area contributed by atoms with E-state index in [4.69, 9.17) is 0 Å². The number of carbonyl (C=O) groups is 2. The third-order valence-corrected chi connectivity index (χ3v) is 3.57. The van der Waals surface area contributed by atoms with Crippen molar-refractivity contribution in [3.8, 4) is 0 Å². The average molecular weight is 227 g/mol. The Labute approximate surface area is 99.7 Å². The normalized spacial score (nSPS) is 22.6. The van der Waals surface area contributed by atoms with Crippen molar-refractivity contribution >= 4 is 17.8 Å². The molecule has 3 heteroatoms. The maximum atomic E-state index is 11.6. The van der Waals surface area contributed by atoms with Crippen LogP contribution in [0.1, 0.15) is 17.5 Å². The number of benzene rings is 1. The molecule has 1 unspecified atom stereocenters. The van der Waals surface area contributed by atoms with Crippen LogP contribution in [0.15, 0.2) is 30.3 Å². The largest absolute Gasteiger partial charge is 0.331 e. The van der Waals surface area contributed by atoms with Crippen LogP contribution in [-0.2, 0) is 16.0 Å². The van der Waals surface area contributed by atoms with Crippen LogP contribution in [0.4, 0.5) is 0 Å². The van der Waals surface area contributed by atoms with Crippen molar-refractivity contribution in [1.82, 2.24) is 4.90 Å². The molecule has 1 aromatic carbocycles. The van der Waals surface area contributed by atoms with Gasteiger partial charge in [-0.15, -0.1) is 0 Å². The number of fused-ring (bicyclic) bond motifs is 3. The van der Waals surface area contributed by atoms with Gasteiger partial charge < -0.3 is 4.90 Å². The van der Waals surface area contributed by atoms with Crippen molar-refractivity contribution < 1.29 is 9.59 Å². The molecule has 17 heavy (non-hydrogen) atoms. The Bertz CT molecular complexity index is 519. The van der Waals surface area contributed by atoms with Crippen molar-refractivity contribution in [2.45, 2.75) is 18.9 Å². The zero-order valence-electron chi connectivity index (χ0n) is 9.43. The summed E-state index contributed by atoms with van der Waals surface area (Å²) >= 11 is 0. The molecule has 0 spiro atoms. The summed E-state index contributed by atoms with van der Waals surface area (Å²) in [6, 6.07) is 8.21. The molecule has 1 aromatic rings. The molecule has 0 radical (unpaired) electrons. The first-order chi connectivity index (χ1) is 8.29. The maximum absolute atomic E-state index is 11.6. The predicted octanol–water partition coefficient (Wildman–Crippen LogP) is 1.43. The van der Waals surface area contributed by atoms with E-state index >= 15 is 0 Å². The van der Waals surface area contributed by atoms with Crippen LogP contribution >= 0.6 is 0 Å². The summed E-state index contributed by atoms with van der Waals surface area (Å²) in [6.07, 6.45) is 4.39. The Balaban J connectivity index is 2.12. The summed E-state index contributed by atoms with van der Waals surface area (Å²) < 4.78 is 0. The van der Waals surface area contributed by atoms with E-state index in [1.807, 2.05) is 18.2 Å². The monoisotopic (exact) mass is 227 g/mol. The Morgan fingerprint density at radius 3 is 2.94 bits per heavy atom. The Kier molecular flexibility index (Phi) is 2.32. The average Bonchev–Trinajstić information content (AvgIpc) is 2.37. The first kappa shape index (κ1) is 10.3. The molecule has 0 saturated carbocycles. The summed E-state index contributed by atoms with van der Waals surface area (Å²) in [5.41, 5.74) is 3.41. The highest BCUT2D eigenvalue weighted by Crippen LogP contribution is 2.35. The Morgan fingerprint density at radius 1 is 1.29 bits per heavy atom. The van der Waals surface area contributed by atoms with Gasteiger partial charge >= 0.3 is 0 Å². The highest BCUT2D eigenvalue weighted by Gasteiger charge is 2.32. The summed E-state index contributed by atoms with van der Waals surface area (Å²) in [4.78, 5) is 24.3. The molecule has 1 heterocycles. The minimum Gasteiger partial charge on any atom is -0.331 e. The maximum Gasteiger partial charge on any atom is 0.210 e. The second-order valence-electron chi connectivity index (χ2n) is 4.56. The van der Waals surface area contributed by atoms with Gasteiger partial charge in [0.05, 0.1) is 12.6 Å². The second kappa shape index (κ2) is 3.84. The molecule has 1 amide bonds. The molecule has 3 nitrogen and oxygen atoms in total. The van der Waals surface area contributed by atoms with Crippen LogP contribution in [0.5, 0.6) is 0 Å². The van der Waals surface area contributed by atoms with Crippen LogP contribution in [0.25, 0.3) is 5.57 Å². The number of amides is 1. The van der Waals surface area contributed by atoms with Crippen molar-refractivity contribution in [2.75, 3.05) is 6.54 Å². The molecule has 0 saturated heterocycles. The van der Waals surface area contributed by atoms with Gasteiger partial charge in [0, 0.05) is 0 Å². The molecule has 1 aliphatic heterocycles. The van der Waals surface area contributed by atoms with E-state index < -0.39 is 0 Å². The second-order valence-corrected chi connectivity index (χ2v) is 4.56. The lowest BCUT2D eigenvalue weighted by atomic mass is 9.81. The molecular weight excluding hydrogens is 214 g/mol. The standard InChI is InChI=1S/C14H13NO2/c16-9-15-8-11(17)7-13-12-4-2-1-3-10(12)5-6-14(13)15/h1-4,7,9,14H,5-6,8H2. The topological polar surface area (TPSA) is 37.4 Å². The van der Waals surface area contributed by atoms with Crippen LogP contribution in [0.2, 0.25) is 0 Å². The van der Waals surface area contributed by atoms with Crippen LogP contribution in [0.3, 0.4) is 0 Å². The molecule has 1 aliphatic carbocycles. The number of aryl methyl sites for hydroxylation is 1. The van der Waals surface area contributed by atoms with Crippen LogP contribution in [-0.4, -0.2) is 29.7 Å². The molecule has 3 rings (SSSR count). The number of hydrogen-bond acceptors (Lipinski definition) is 2. The van der Waals surface area contributed by atoms with Gasteiger partial charge in [-0.3, -0.25) is 9.59 Å². The summed E-state index contributed by atoms with van der Waals surface area (Å²) in [5.74, 6) is 0.0139. The Hall–Kier alpha value is -1.90. The van der Waals surface area contributed by atoms with Crippen LogP contribution in [0, 0.1) is 0 Å². The Morgan fingerprint density at radius 2 is 2.12 bits per heavy atom. The minimum absolute atomic E-state index is 0.0139. The fourth-order valence-corrected chi connectivity index (χ4v) is 2.79. The molecule has 0 aromatic heterocycles. The van der Waals surface area contributed by atoms with Gasteiger partial charge in [-0.25, -0.2) is 0 Å². The number of rotatable bonds is 1. The summed E-state index contributed by atoms with van der Waals surface area (Å²) in [6.45, 7) is 0.222. The molecular formula is C14H13NO2. The lowest BCUT2D eigenvalue weighted by molar-refractivity contribution is -0.126. The van der Waals surface area contributed by atoms with Gasteiger partial charge in [-0.2, -0.15) is 0 Å². The van der Waals surface area contributed by atoms with E-state index in [1.54, 1.807) is 11.0 Å². The van der Waals surface area contributed by atoms with Crippen molar-refractivity contribution in [1.29, 1.82) is 0 Å². The van der Waals surface area contributed by atoms with E-state index in [1.165, 1.54) is 5.56 Å². The highest BCUT2D eigenvalue weighted by molar-refractivity contribution is 6.02. The van der Waals surface area contributed by atoms with Crippen LogP contribution < -0.4 is 0 Å². The smallest absolute Gasteiger partial charge is 0.210 e. The lowest BCUT2D eigenvalue weighted by Gasteiger charge is -2.37. The lowest BCUT2D eigenvalue weighted by Crippen LogP contribution is -2.43. The van der Waals surface area contributed by atoms with E-state index in [9.17, 15) is 9.59 Å². The van der Waals surface area contributed by atoms with Gasteiger partial charge in [-0.1, -0.05) is 24.3 Å². The highest BCUT2D eigenvalue weighted by atomic mass is 16.1. The predicted molar refractivity (Wildman–Crippen MR) is 64.3 cm³/mol. The number of hydrogen-bond donors (Lipinski definition) is 0. The fourth-order valence-electron chi connectivity index (χ4n) is 2.79. The van der Waals surface area contributed by atoms with Crippen molar-refractivity contribution in [2.24, 2.45) is 0 Å². The number of nitrogens with zero attached hydrogens (tertiary/aromatic N) is 1. The number of carbonyl (C=O) groups excluding carboxylic acids is 2. The molecule has 0 fully saturated rings.